The maximum atomic E-state index is 12.1. The second-order valence-electron chi connectivity index (χ2n) is 4.11. The molecule has 0 radical (unpaired) electrons. The summed E-state index contributed by atoms with van der Waals surface area (Å²) in [5.74, 6) is -2.22. The van der Waals surface area contributed by atoms with Gasteiger partial charge in [-0.1, -0.05) is 0 Å². The van der Waals surface area contributed by atoms with Crippen molar-refractivity contribution < 1.29 is 22.7 Å². The van der Waals surface area contributed by atoms with Crippen molar-refractivity contribution in [1.29, 1.82) is 5.26 Å². The zero-order valence-corrected chi connectivity index (χ0v) is 9.18. The van der Waals surface area contributed by atoms with Gasteiger partial charge in [-0.2, -0.15) is 18.4 Å². The molecule has 1 unspecified atom stereocenters. The van der Waals surface area contributed by atoms with Crippen molar-refractivity contribution in [2.75, 3.05) is 6.54 Å². The van der Waals surface area contributed by atoms with E-state index in [4.69, 9.17) is 10.00 Å². The first-order valence-electron chi connectivity index (χ1n) is 4.49. The average molecular weight is 238 g/mol. The van der Waals surface area contributed by atoms with Crippen LogP contribution in [0, 0.1) is 17.2 Å². The van der Waals surface area contributed by atoms with Gasteiger partial charge >= 0.3 is 12.3 Å². The van der Waals surface area contributed by atoms with Crippen molar-refractivity contribution in [3.8, 4) is 6.07 Å². The minimum absolute atomic E-state index is 0.787. The van der Waals surface area contributed by atoms with E-state index in [1.165, 1.54) is 0 Å². The molecule has 1 amide bonds. The average Bonchev–Trinajstić information content (AvgIpc) is 1.98. The van der Waals surface area contributed by atoms with Gasteiger partial charge in [0.05, 0.1) is 6.07 Å². The Hall–Kier alpha value is -1.45. The lowest BCUT2D eigenvalue weighted by Crippen LogP contribution is -2.38. The molecule has 92 valence electrons. The summed E-state index contributed by atoms with van der Waals surface area (Å²) < 4.78 is 41.0. The number of alkyl carbamates (subject to hydrolysis) is 1. The van der Waals surface area contributed by atoms with E-state index in [1.54, 1.807) is 20.8 Å². The number of nitrogens with one attached hydrogen (secondary N) is 1. The first kappa shape index (κ1) is 14.6. The largest absolute Gasteiger partial charge is 0.444 e. The molecule has 4 nitrogen and oxygen atoms in total. The number of carbonyl (C=O) groups is 1. The molecule has 1 N–H and O–H groups in total. The summed E-state index contributed by atoms with van der Waals surface area (Å²) in [6, 6.07) is 1.06. The molecular weight excluding hydrogens is 225 g/mol. The number of amides is 1. The maximum Gasteiger partial charge on any atom is 0.407 e. The molecule has 0 rings (SSSR count). The Morgan fingerprint density at radius 2 is 1.94 bits per heavy atom. The van der Waals surface area contributed by atoms with E-state index in [2.05, 4.69) is 0 Å². The van der Waals surface area contributed by atoms with Crippen LogP contribution < -0.4 is 5.32 Å². The quantitative estimate of drug-likeness (QED) is 0.802. The highest BCUT2D eigenvalue weighted by Crippen LogP contribution is 2.24. The van der Waals surface area contributed by atoms with Gasteiger partial charge in [0.1, 0.15) is 5.60 Å². The van der Waals surface area contributed by atoms with Crippen molar-refractivity contribution in [2.24, 2.45) is 5.92 Å². The van der Waals surface area contributed by atoms with Crippen LogP contribution in [-0.2, 0) is 4.74 Å². The number of halogens is 3. The second kappa shape index (κ2) is 5.05. The van der Waals surface area contributed by atoms with Gasteiger partial charge in [-0.05, 0) is 20.8 Å². The van der Waals surface area contributed by atoms with Crippen molar-refractivity contribution in [3.63, 3.8) is 0 Å². The molecule has 0 heterocycles. The topological polar surface area (TPSA) is 62.1 Å². The van der Waals surface area contributed by atoms with Crippen LogP contribution in [0.3, 0.4) is 0 Å². The van der Waals surface area contributed by atoms with Crippen LogP contribution in [0.5, 0.6) is 0 Å². The van der Waals surface area contributed by atoms with Gasteiger partial charge in [-0.3, -0.25) is 0 Å². The maximum absolute atomic E-state index is 12.1. The van der Waals surface area contributed by atoms with Gasteiger partial charge in [-0.15, -0.1) is 0 Å². The molecule has 0 bridgehead atoms. The van der Waals surface area contributed by atoms with E-state index >= 15 is 0 Å². The molecule has 16 heavy (non-hydrogen) atoms. The number of ether oxygens (including phenoxy) is 1. The van der Waals surface area contributed by atoms with Crippen LogP contribution >= 0.6 is 0 Å². The van der Waals surface area contributed by atoms with E-state index in [-0.39, 0.29) is 0 Å². The zero-order chi connectivity index (χ0) is 13.0. The van der Waals surface area contributed by atoms with Gasteiger partial charge in [0.25, 0.3) is 0 Å². The summed E-state index contributed by atoms with van der Waals surface area (Å²) in [6.45, 7) is 3.93. The molecule has 7 heteroatoms. The predicted molar refractivity (Wildman–Crippen MR) is 49.4 cm³/mol. The van der Waals surface area contributed by atoms with Crippen LogP contribution in [0.25, 0.3) is 0 Å². The molecule has 0 fully saturated rings. The molecular formula is C9H13F3N2O2. The Morgan fingerprint density at radius 3 is 2.25 bits per heavy atom. The van der Waals surface area contributed by atoms with Crippen molar-refractivity contribution in [2.45, 2.75) is 32.5 Å². The number of nitrogens with zero attached hydrogens (tertiary/aromatic N) is 1. The summed E-state index contributed by atoms with van der Waals surface area (Å²) >= 11 is 0. The molecule has 0 saturated heterocycles. The number of nitriles is 1. The summed E-state index contributed by atoms with van der Waals surface area (Å²) in [7, 11) is 0. The van der Waals surface area contributed by atoms with Gasteiger partial charge in [-0.25, -0.2) is 4.79 Å². The van der Waals surface area contributed by atoms with Crippen molar-refractivity contribution >= 4 is 6.09 Å². The van der Waals surface area contributed by atoms with E-state index in [9.17, 15) is 18.0 Å². The fourth-order valence-corrected chi connectivity index (χ4v) is 0.734. The fourth-order valence-electron chi connectivity index (χ4n) is 0.734. The highest BCUT2D eigenvalue weighted by molar-refractivity contribution is 5.67. The lowest BCUT2D eigenvalue weighted by atomic mass is 10.1. The molecule has 0 saturated carbocycles. The standard InChI is InChI=1S/C9H13F3N2O2/c1-8(2,3)16-7(15)14-5-6(4-13)9(10,11)12/h6H,5H2,1-3H3,(H,14,15). The Balaban J connectivity index is 4.16. The molecule has 0 spiro atoms. The Morgan fingerprint density at radius 1 is 1.44 bits per heavy atom. The van der Waals surface area contributed by atoms with Crippen LogP contribution in [0.1, 0.15) is 20.8 Å². The predicted octanol–water partition coefficient (Wildman–Crippen LogP) is 2.21. The van der Waals surface area contributed by atoms with Gasteiger partial charge in [0.2, 0.25) is 0 Å². The Bertz CT molecular complexity index is 289. The number of hydrogen-bond acceptors (Lipinski definition) is 3. The minimum atomic E-state index is -4.65. The van der Waals surface area contributed by atoms with Crippen molar-refractivity contribution in [1.82, 2.24) is 5.32 Å². The summed E-state index contributed by atoms with van der Waals surface area (Å²) in [5.41, 5.74) is -0.787. The Kier molecular flexibility index (Phi) is 4.60. The lowest BCUT2D eigenvalue weighted by Gasteiger charge is -2.20. The summed E-state index contributed by atoms with van der Waals surface area (Å²) in [5, 5.41) is 10.1. The second-order valence-corrected chi connectivity index (χ2v) is 4.11. The van der Waals surface area contributed by atoms with Crippen LogP contribution in [0.2, 0.25) is 0 Å². The van der Waals surface area contributed by atoms with Gasteiger partial charge < -0.3 is 10.1 Å². The molecule has 0 aromatic carbocycles. The number of hydrogen-bond donors (Lipinski definition) is 1. The SMILES string of the molecule is CC(C)(C)OC(=O)NCC(C#N)C(F)(F)F. The number of rotatable bonds is 2. The van der Waals surface area contributed by atoms with Gasteiger partial charge in [0.15, 0.2) is 5.92 Å². The molecule has 0 aliphatic carbocycles. The van der Waals surface area contributed by atoms with E-state index in [1.807, 2.05) is 5.32 Å². The third-order valence-corrected chi connectivity index (χ3v) is 1.40. The first-order valence-corrected chi connectivity index (χ1v) is 4.49. The monoisotopic (exact) mass is 238 g/mol. The lowest BCUT2D eigenvalue weighted by molar-refractivity contribution is -0.157. The third-order valence-electron chi connectivity index (χ3n) is 1.40. The summed E-state index contributed by atoms with van der Waals surface area (Å²) in [6.07, 6.45) is -5.62. The molecule has 0 aromatic heterocycles. The molecule has 0 aliphatic heterocycles. The molecule has 0 aromatic rings. The zero-order valence-electron chi connectivity index (χ0n) is 9.18. The van der Waals surface area contributed by atoms with Crippen LogP contribution in [0.4, 0.5) is 18.0 Å². The minimum Gasteiger partial charge on any atom is -0.444 e. The van der Waals surface area contributed by atoms with Crippen LogP contribution in [0.15, 0.2) is 0 Å². The third kappa shape index (κ3) is 6.11. The number of alkyl halides is 3. The Labute approximate surface area is 91.4 Å². The van der Waals surface area contributed by atoms with Crippen molar-refractivity contribution in [3.05, 3.63) is 0 Å². The highest BCUT2D eigenvalue weighted by atomic mass is 19.4. The highest BCUT2D eigenvalue weighted by Gasteiger charge is 2.40. The van der Waals surface area contributed by atoms with Crippen LogP contribution in [-0.4, -0.2) is 24.4 Å². The molecule has 1 atom stereocenters. The summed E-state index contributed by atoms with van der Waals surface area (Å²) in [4.78, 5) is 11.0. The first-order chi connectivity index (χ1) is 7.06. The smallest absolute Gasteiger partial charge is 0.407 e. The van der Waals surface area contributed by atoms with E-state index in [0.717, 1.165) is 6.07 Å². The fraction of sp³-hybridized carbons (Fsp3) is 0.778. The van der Waals surface area contributed by atoms with E-state index in [0.29, 0.717) is 0 Å². The van der Waals surface area contributed by atoms with E-state index < -0.39 is 30.3 Å². The molecule has 0 aliphatic rings. The van der Waals surface area contributed by atoms with Gasteiger partial charge in [0, 0.05) is 6.54 Å². The normalized spacial score (nSPS) is 13.8. The number of carbonyl (C=O) groups excluding carboxylic acids is 1.